The van der Waals surface area contributed by atoms with Crippen LogP contribution in [0, 0.1) is 0 Å². The van der Waals surface area contributed by atoms with Crippen molar-refractivity contribution in [2.75, 3.05) is 13.7 Å². The zero-order chi connectivity index (χ0) is 18.0. The molecule has 1 saturated heterocycles. The molecule has 0 amide bonds. The van der Waals surface area contributed by atoms with Crippen molar-refractivity contribution in [1.82, 2.24) is 15.0 Å². The van der Waals surface area contributed by atoms with Gasteiger partial charge in [-0.15, -0.1) is 12.4 Å². The summed E-state index contributed by atoms with van der Waals surface area (Å²) in [6.45, 7) is 2.81. The highest BCUT2D eigenvalue weighted by Crippen LogP contribution is 2.25. The van der Waals surface area contributed by atoms with Crippen LogP contribution in [0.5, 0.6) is 0 Å². The van der Waals surface area contributed by atoms with Crippen molar-refractivity contribution in [3.8, 4) is 0 Å². The Morgan fingerprint density at radius 3 is 2.77 bits per heavy atom. The SMILES string of the molecule is COC(=O)c1nccc2c(S(=O)(=O)NC3CCNC(C)C3)cccc12.Cl. The van der Waals surface area contributed by atoms with Crippen LogP contribution in [-0.4, -0.2) is 45.1 Å². The van der Waals surface area contributed by atoms with Gasteiger partial charge >= 0.3 is 5.97 Å². The Morgan fingerprint density at radius 2 is 2.08 bits per heavy atom. The molecular weight excluding hydrogens is 378 g/mol. The van der Waals surface area contributed by atoms with Gasteiger partial charge in [-0.3, -0.25) is 0 Å². The highest BCUT2D eigenvalue weighted by atomic mass is 35.5. The Kier molecular flexibility index (Phi) is 6.57. The van der Waals surface area contributed by atoms with Crippen LogP contribution in [0.15, 0.2) is 35.4 Å². The third kappa shape index (κ3) is 4.15. The number of aromatic nitrogens is 1. The first-order chi connectivity index (χ1) is 11.9. The third-order valence-electron chi connectivity index (χ3n) is 4.38. The molecule has 3 rings (SSSR count). The molecule has 0 spiro atoms. The number of piperidine rings is 1. The maximum atomic E-state index is 12.9. The lowest BCUT2D eigenvalue weighted by atomic mass is 10.0. The van der Waals surface area contributed by atoms with Crippen LogP contribution >= 0.6 is 12.4 Å². The summed E-state index contributed by atoms with van der Waals surface area (Å²) in [7, 11) is -2.45. The maximum absolute atomic E-state index is 12.9. The first-order valence-corrected chi connectivity index (χ1v) is 9.62. The van der Waals surface area contributed by atoms with E-state index in [1.807, 2.05) is 6.92 Å². The van der Waals surface area contributed by atoms with Crippen LogP contribution in [0.2, 0.25) is 0 Å². The van der Waals surface area contributed by atoms with E-state index in [4.69, 9.17) is 4.74 Å². The monoisotopic (exact) mass is 399 g/mol. The molecule has 2 atom stereocenters. The van der Waals surface area contributed by atoms with Gasteiger partial charge in [-0.1, -0.05) is 12.1 Å². The Bertz CT molecular complexity index is 904. The number of sulfonamides is 1. The van der Waals surface area contributed by atoms with Gasteiger partial charge in [0.25, 0.3) is 0 Å². The van der Waals surface area contributed by atoms with Gasteiger partial charge in [0, 0.05) is 29.1 Å². The second kappa shape index (κ2) is 8.30. The maximum Gasteiger partial charge on any atom is 0.357 e. The minimum atomic E-state index is -3.72. The first-order valence-electron chi connectivity index (χ1n) is 8.14. The lowest BCUT2D eigenvalue weighted by Crippen LogP contribution is -2.46. The highest BCUT2D eigenvalue weighted by Gasteiger charge is 2.26. The van der Waals surface area contributed by atoms with Crippen LogP contribution in [0.3, 0.4) is 0 Å². The van der Waals surface area contributed by atoms with Crippen molar-refractivity contribution in [3.05, 3.63) is 36.2 Å². The van der Waals surface area contributed by atoms with E-state index in [0.717, 1.165) is 19.4 Å². The van der Waals surface area contributed by atoms with E-state index < -0.39 is 16.0 Å². The van der Waals surface area contributed by atoms with Crippen molar-refractivity contribution < 1.29 is 17.9 Å². The van der Waals surface area contributed by atoms with Crippen LogP contribution < -0.4 is 10.0 Å². The molecule has 1 fully saturated rings. The van der Waals surface area contributed by atoms with E-state index in [0.29, 0.717) is 10.8 Å². The molecule has 1 aromatic carbocycles. The van der Waals surface area contributed by atoms with Crippen LogP contribution in [0.1, 0.15) is 30.3 Å². The smallest absolute Gasteiger partial charge is 0.357 e. The quantitative estimate of drug-likeness (QED) is 0.761. The fourth-order valence-electron chi connectivity index (χ4n) is 3.19. The number of benzene rings is 1. The van der Waals surface area contributed by atoms with Gasteiger partial charge in [0.1, 0.15) is 0 Å². The molecule has 0 radical (unpaired) electrons. The zero-order valence-corrected chi connectivity index (χ0v) is 16.2. The summed E-state index contributed by atoms with van der Waals surface area (Å²) >= 11 is 0. The lowest BCUT2D eigenvalue weighted by Gasteiger charge is -2.28. The molecule has 1 aromatic heterocycles. The Morgan fingerprint density at radius 1 is 1.31 bits per heavy atom. The summed E-state index contributed by atoms with van der Waals surface area (Å²) in [5, 5.41) is 4.20. The molecule has 0 bridgehead atoms. The number of nitrogens with one attached hydrogen (secondary N) is 2. The largest absolute Gasteiger partial charge is 0.464 e. The molecule has 0 saturated carbocycles. The number of hydrogen-bond acceptors (Lipinski definition) is 6. The van der Waals surface area contributed by atoms with Crippen LogP contribution in [0.25, 0.3) is 10.8 Å². The number of nitrogens with zero attached hydrogens (tertiary/aromatic N) is 1. The minimum absolute atomic E-state index is 0. The highest BCUT2D eigenvalue weighted by molar-refractivity contribution is 7.89. The number of carbonyl (C=O) groups excluding carboxylic acids is 1. The second-order valence-corrected chi connectivity index (χ2v) is 7.88. The molecule has 9 heteroatoms. The molecule has 1 aliphatic heterocycles. The Balaban J connectivity index is 0.00000243. The summed E-state index contributed by atoms with van der Waals surface area (Å²) in [5.74, 6) is -0.597. The van der Waals surface area contributed by atoms with E-state index in [9.17, 15) is 13.2 Å². The van der Waals surface area contributed by atoms with E-state index in [-0.39, 0.29) is 35.1 Å². The minimum Gasteiger partial charge on any atom is -0.464 e. The van der Waals surface area contributed by atoms with E-state index >= 15 is 0 Å². The zero-order valence-electron chi connectivity index (χ0n) is 14.6. The number of halogens is 1. The summed E-state index contributed by atoms with van der Waals surface area (Å²) in [6.07, 6.45) is 2.89. The van der Waals surface area contributed by atoms with Gasteiger partial charge in [0.15, 0.2) is 5.69 Å². The number of pyridine rings is 1. The van der Waals surface area contributed by atoms with Crippen molar-refractivity contribution in [3.63, 3.8) is 0 Å². The van der Waals surface area contributed by atoms with Crippen LogP contribution in [-0.2, 0) is 14.8 Å². The topological polar surface area (TPSA) is 97.4 Å². The summed E-state index contributed by atoms with van der Waals surface area (Å²) < 4.78 is 33.3. The summed E-state index contributed by atoms with van der Waals surface area (Å²) in [5.41, 5.74) is 0.104. The lowest BCUT2D eigenvalue weighted by molar-refractivity contribution is 0.0596. The number of rotatable bonds is 4. The van der Waals surface area contributed by atoms with Gasteiger partial charge in [-0.25, -0.2) is 22.9 Å². The average Bonchev–Trinajstić information content (AvgIpc) is 2.59. The molecule has 2 heterocycles. The number of esters is 1. The molecule has 2 aromatic rings. The molecule has 7 nitrogen and oxygen atoms in total. The van der Waals surface area contributed by atoms with Gasteiger partial charge in [-0.2, -0.15) is 0 Å². The molecule has 142 valence electrons. The summed E-state index contributed by atoms with van der Waals surface area (Å²) in [4.78, 5) is 16.1. The van der Waals surface area contributed by atoms with Crippen LogP contribution in [0.4, 0.5) is 0 Å². The Labute approximate surface area is 159 Å². The first kappa shape index (κ1) is 20.6. The molecule has 2 unspecified atom stereocenters. The predicted octanol–water partition coefficient (Wildman–Crippen LogP) is 1.86. The third-order valence-corrected chi connectivity index (χ3v) is 5.96. The van der Waals surface area contributed by atoms with Gasteiger partial charge in [0.05, 0.1) is 12.0 Å². The average molecular weight is 400 g/mol. The normalized spacial score (nSPS) is 20.4. The number of hydrogen-bond donors (Lipinski definition) is 2. The number of carbonyl (C=O) groups is 1. The van der Waals surface area contributed by atoms with Crippen molar-refractivity contribution in [2.24, 2.45) is 0 Å². The van der Waals surface area contributed by atoms with Crippen molar-refractivity contribution in [1.29, 1.82) is 0 Å². The standard InChI is InChI=1S/C17H21N3O4S.ClH/c1-11-10-12(6-8-18-11)20-25(22,23)15-5-3-4-14-13(15)7-9-19-16(14)17(21)24-2;/h3-5,7,9,11-12,18,20H,6,8,10H2,1-2H3;1H. The predicted molar refractivity (Wildman–Crippen MR) is 101 cm³/mol. The molecule has 2 N–H and O–H groups in total. The number of fused-ring (bicyclic) bond motifs is 1. The van der Waals surface area contributed by atoms with E-state index in [2.05, 4.69) is 15.0 Å². The van der Waals surface area contributed by atoms with E-state index in [1.165, 1.54) is 19.4 Å². The Hall–Kier alpha value is -1.74. The fourth-order valence-corrected chi connectivity index (χ4v) is 4.70. The molecular formula is C17H22ClN3O4S. The number of methoxy groups -OCH3 is 1. The molecule has 1 aliphatic rings. The van der Waals surface area contributed by atoms with Crippen molar-refractivity contribution >= 4 is 39.2 Å². The van der Waals surface area contributed by atoms with Crippen molar-refractivity contribution in [2.45, 2.75) is 36.7 Å². The van der Waals surface area contributed by atoms with Gasteiger partial charge in [0.2, 0.25) is 10.0 Å². The summed E-state index contributed by atoms with van der Waals surface area (Å²) in [6, 6.07) is 6.57. The van der Waals surface area contributed by atoms with Gasteiger partial charge < -0.3 is 10.1 Å². The molecule has 26 heavy (non-hydrogen) atoms. The fraction of sp³-hybridized carbons (Fsp3) is 0.412. The second-order valence-electron chi connectivity index (χ2n) is 6.20. The number of ether oxygens (including phenoxy) is 1. The van der Waals surface area contributed by atoms with Gasteiger partial charge in [-0.05, 0) is 38.4 Å². The van der Waals surface area contributed by atoms with E-state index in [1.54, 1.807) is 18.2 Å². The molecule has 0 aliphatic carbocycles.